The van der Waals surface area contributed by atoms with E-state index in [0.29, 0.717) is 18.1 Å². The number of hydrogen-bond donors (Lipinski definition) is 0. The van der Waals surface area contributed by atoms with Crippen molar-refractivity contribution in [2.24, 2.45) is 0 Å². The van der Waals surface area contributed by atoms with Crippen LogP contribution in [-0.2, 0) is 21.4 Å². The van der Waals surface area contributed by atoms with E-state index >= 15 is 0 Å². The summed E-state index contributed by atoms with van der Waals surface area (Å²) in [6.07, 6.45) is 2.03. The molecule has 0 saturated carbocycles. The van der Waals surface area contributed by atoms with Crippen LogP contribution in [0.3, 0.4) is 0 Å². The van der Waals surface area contributed by atoms with Gasteiger partial charge in [-0.2, -0.15) is 0 Å². The van der Waals surface area contributed by atoms with Crippen LogP contribution in [0.2, 0.25) is 5.02 Å². The van der Waals surface area contributed by atoms with Crippen LogP contribution < -0.4 is 0 Å². The van der Waals surface area contributed by atoms with Gasteiger partial charge in [-0.1, -0.05) is 23.7 Å². The quantitative estimate of drug-likeness (QED) is 0.782. The summed E-state index contributed by atoms with van der Waals surface area (Å²) < 4.78 is 10.6. The van der Waals surface area contributed by atoms with Crippen molar-refractivity contribution in [3.05, 3.63) is 59.0 Å². The molecule has 2 aromatic rings. The Bertz CT molecular complexity index is 577. The summed E-state index contributed by atoms with van der Waals surface area (Å²) in [6, 6.07) is 10.9. The zero-order chi connectivity index (χ0) is 14.6. The molecule has 1 aromatic heterocycles. The van der Waals surface area contributed by atoms with E-state index in [2.05, 4.69) is 0 Å². The standard InChI is InChI=1S/C16H17ClO3/c1-3-19-15(18)16(2,11-14-8-5-9-20-14)12-6-4-7-13(17)10-12/h4-10H,3,11H2,1-2H3. The molecule has 0 radical (unpaired) electrons. The molecule has 0 bridgehead atoms. The van der Waals surface area contributed by atoms with Crippen molar-refractivity contribution < 1.29 is 13.9 Å². The van der Waals surface area contributed by atoms with E-state index < -0.39 is 5.41 Å². The first-order valence-electron chi connectivity index (χ1n) is 6.52. The highest BCUT2D eigenvalue weighted by atomic mass is 35.5. The number of benzene rings is 1. The second-order valence-electron chi connectivity index (χ2n) is 4.82. The van der Waals surface area contributed by atoms with Crippen molar-refractivity contribution in [1.82, 2.24) is 0 Å². The monoisotopic (exact) mass is 292 g/mol. The molecule has 20 heavy (non-hydrogen) atoms. The molecule has 4 heteroatoms. The topological polar surface area (TPSA) is 39.4 Å². The van der Waals surface area contributed by atoms with E-state index in [1.54, 1.807) is 31.4 Å². The van der Waals surface area contributed by atoms with Crippen LogP contribution in [0.5, 0.6) is 0 Å². The van der Waals surface area contributed by atoms with Crippen molar-refractivity contribution in [2.75, 3.05) is 6.61 Å². The summed E-state index contributed by atoms with van der Waals surface area (Å²) in [5.41, 5.74) is -0.00137. The Kier molecular flexibility index (Phi) is 4.50. The second kappa shape index (κ2) is 6.14. The number of carbonyl (C=O) groups excluding carboxylic acids is 1. The lowest BCUT2D eigenvalue weighted by molar-refractivity contribution is -0.149. The third-order valence-electron chi connectivity index (χ3n) is 3.30. The molecule has 0 aliphatic rings. The van der Waals surface area contributed by atoms with Gasteiger partial charge in [0.05, 0.1) is 18.3 Å². The van der Waals surface area contributed by atoms with Crippen molar-refractivity contribution in [2.45, 2.75) is 25.7 Å². The maximum Gasteiger partial charge on any atom is 0.316 e. The fourth-order valence-corrected chi connectivity index (χ4v) is 2.37. The molecule has 0 amide bonds. The molecule has 1 heterocycles. The Balaban J connectivity index is 2.40. The Morgan fingerprint density at radius 2 is 2.15 bits per heavy atom. The largest absolute Gasteiger partial charge is 0.469 e. The summed E-state index contributed by atoms with van der Waals surface area (Å²) in [5.74, 6) is 0.458. The number of rotatable bonds is 5. The molecule has 1 unspecified atom stereocenters. The number of halogens is 1. The van der Waals surface area contributed by atoms with Crippen LogP contribution in [0.15, 0.2) is 47.1 Å². The summed E-state index contributed by atoms with van der Waals surface area (Å²) in [5, 5.41) is 0.595. The van der Waals surface area contributed by atoms with E-state index in [9.17, 15) is 4.79 Å². The van der Waals surface area contributed by atoms with Gasteiger partial charge in [-0.05, 0) is 43.7 Å². The van der Waals surface area contributed by atoms with Crippen LogP contribution >= 0.6 is 11.6 Å². The first-order valence-corrected chi connectivity index (χ1v) is 6.89. The highest BCUT2D eigenvalue weighted by Gasteiger charge is 2.38. The molecule has 0 saturated heterocycles. The Morgan fingerprint density at radius 1 is 1.35 bits per heavy atom. The van der Waals surface area contributed by atoms with Gasteiger partial charge in [0.25, 0.3) is 0 Å². The van der Waals surface area contributed by atoms with E-state index in [1.165, 1.54) is 0 Å². The number of esters is 1. The highest BCUT2D eigenvalue weighted by molar-refractivity contribution is 6.30. The lowest BCUT2D eigenvalue weighted by Gasteiger charge is -2.27. The predicted octanol–water partition coefficient (Wildman–Crippen LogP) is 4.00. The molecule has 0 aliphatic carbocycles. The van der Waals surface area contributed by atoms with Crippen LogP contribution in [0.1, 0.15) is 25.2 Å². The van der Waals surface area contributed by atoms with Gasteiger partial charge in [0, 0.05) is 11.4 Å². The molecule has 0 N–H and O–H groups in total. The van der Waals surface area contributed by atoms with Gasteiger partial charge in [0.1, 0.15) is 5.76 Å². The number of ether oxygens (including phenoxy) is 1. The average Bonchev–Trinajstić information content (AvgIpc) is 2.91. The van der Waals surface area contributed by atoms with Gasteiger partial charge in [-0.3, -0.25) is 4.79 Å². The third kappa shape index (κ3) is 3.05. The zero-order valence-corrected chi connectivity index (χ0v) is 12.3. The van der Waals surface area contributed by atoms with Crippen molar-refractivity contribution >= 4 is 17.6 Å². The van der Waals surface area contributed by atoms with E-state index in [4.69, 9.17) is 20.8 Å². The lowest BCUT2D eigenvalue weighted by atomic mass is 9.78. The molecular weight excluding hydrogens is 276 g/mol. The molecule has 1 atom stereocenters. The minimum Gasteiger partial charge on any atom is -0.469 e. The van der Waals surface area contributed by atoms with Gasteiger partial charge in [-0.15, -0.1) is 0 Å². The molecule has 0 aliphatic heterocycles. The smallest absolute Gasteiger partial charge is 0.316 e. The maximum atomic E-state index is 12.4. The molecule has 1 aromatic carbocycles. The number of furan rings is 1. The van der Waals surface area contributed by atoms with Crippen LogP contribution in [-0.4, -0.2) is 12.6 Å². The third-order valence-corrected chi connectivity index (χ3v) is 3.53. The van der Waals surface area contributed by atoms with Crippen LogP contribution in [0, 0.1) is 0 Å². The van der Waals surface area contributed by atoms with Crippen molar-refractivity contribution in [1.29, 1.82) is 0 Å². The summed E-state index contributed by atoms with van der Waals surface area (Å²) in [6.45, 7) is 3.98. The maximum absolute atomic E-state index is 12.4. The molecule has 106 valence electrons. The molecule has 0 fully saturated rings. The Labute approximate surface area is 123 Å². The molecular formula is C16H17ClO3. The van der Waals surface area contributed by atoms with Crippen molar-refractivity contribution in [3.8, 4) is 0 Å². The number of hydrogen-bond acceptors (Lipinski definition) is 3. The molecule has 0 spiro atoms. The van der Waals surface area contributed by atoms with E-state index in [-0.39, 0.29) is 5.97 Å². The second-order valence-corrected chi connectivity index (χ2v) is 5.26. The predicted molar refractivity (Wildman–Crippen MR) is 77.8 cm³/mol. The Hall–Kier alpha value is -1.74. The normalized spacial score (nSPS) is 13.8. The zero-order valence-electron chi connectivity index (χ0n) is 11.6. The van der Waals surface area contributed by atoms with Crippen LogP contribution in [0.4, 0.5) is 0 Å². The SMILES string of the molecule is CCOC(=O)C(C)(Cc1ccco1)c1cccc(Cl)c1. The minimum atomic E-state index is -0.821. The lowest BCUT2D eigenvalue weighted by Crippen LogP contribution is -2.36. The molecule has 3 nitrogen and oxygen atoms in total. The van der Waals surface area contributed by atoms with Gasteiger partial charge in [-0.25, -0.2) is 0 Å². The molecule has 2 rings (SSSR count). The minimum absolute atomic E-state index is 0.279. The van der Waals surface area contributed by atoms with Gasteiger partial charge < -0.3 is 9.15 Å². The summed E-state index contributed by atoms with van der Waals surface area (Å²) in [4.78, 5) is 12.4. The first kappa shape index (κ1) is 14.7. The van der Waals surface area contributed by atoms with E-state index in [0.717, 1.165) is 11.3 Å². The average molecular weight is 293 g/mol. The van der Waals surface area contributed by atoms with Gasteiger partial charge in [0.15, 0.2) is 0 Å². The summed E-state index contributed by atoms with van der Waals surface area (Å²) >= 11 is 6.04. The summed E-state index contributed by atoms with van der Waals surface area (Å²) in [7, 11) is 0. The van der Waals surface area contributed by atoms with E-state index in [1.807, 2.05) is 25.1 Å². The fourth-order valence-electron chi connectivity index (χ4n) is 2.18. The first-order chi connectivity index (χ1) is 9.56. The Morgan fingerprint density at radius 3 is 2.75 bits per heavy atom. The number of carbonyl (C=O) groups is 1. The highest BCUT2D eigenvalue weighted by Crippen LogP contribution is 2.31. The van der Waals surface area contributed by atoms with Gasteiger partial charge >= 0.3 is 5.97 Å². The van der Waals surface area contributed by atoms with Crippen LogP contribution in [0.25, 0.3) is 0 Å². The van der Waals surface area contributed by atoms with Crippen molar-refractivity contribution in [3.63, 3.8) is 0 Å². The van der Waals surface area contributed by atoms with Gasteiger partial charge in [0.2, 0.25) is 0 Å². The fraction of sp³-hybridized carbons (Fsp3) is 0.312.